The van der Waals surface area contributed by atoms with Gasteiger partial charge in [-0.15, -0.1) is 0 Å². The average Bonchev–Trinajstić information content (AvgIpc) is 2.40. The van der Waals surface area contributed by atoms with Crippen LogP contribution in [0.5, 0.6) is 5.75 Å². The van der Waals surface area contributed by atoms with E-state index in [0.29, 0.717) is 13.2 Å². The smallest absolute Gasteiger partial charge is 0.323 e. The zero-order valence-corrected chi connectivity index (χ0v) is 12.1. The van der Waals surface area contributed by atoms with E-state index in [9.17, 15) is 4.79 Å². The fraction of sp³-hybridized carbons (Fsp3) is 0.533. The molecule has 0 radical (unpaired) electrons. The molecule has 4 nitrogen and oxygen atoms in total. The Bertz CT molecular complexity index is 404. The largest absolute Gasteiger partial charge is 0.494 e. The number of hydrogen-bond donors (Lipinski definition) is 1. The lowest BCUT2D eigenvalue weighted by molar-refractivity contribution is -0.144. The first-order valence-electron chi connectivity index (χ1n) is 6.62. The van der Waals surface area contributed by atoms with Crippen LogP contribution >= 0.6 is 0 Å². The summed E-state index contributed by atoms with van der Waals surface area (Å²) in [6.45, 7) is 7.14. The van der Waals surface area contributed by atoms with Crippen molar-refractivity contribution < 1.29 is 14.3 Å². The first-order chi connectivity index (χ1) is 9.10. The summed E-state index contributed by atoms with van der Waals surface area (Å²) < 4.78 is 10.4. The van der Waals surface area contributed by atoms with Crippen molar-refractivity contribution in [1.82, 2.24) is 5.32 Å². The van der Waals surface area contributed by atoms with Crippen molar-refractivity contribution in [2.75, 3.05) is 13.7 Å². The molecule has 0 fully saturated rings. The number of esters is 1. The summed E-state index contributed by atoms with van der Waals surface area (Å²) in [5, 5.41) is 3.23. The normalized spacial score (nSPS) is 12.3. The molecule has 0 saturated heterocycles. The topological polar surface area (TPSA) is 47.6 Å². The second kappa shape index (κ2) is 7.79. The number of methoxy groups -OCH3 is 1. The molecule has 1 aromatic carbocycles. The van der Waals surface area contributed by atoms with E-state index in [4.69, 9.17) is 9.47 Å². The van der Waals surface area contributed by atoms with Crippen molar-refractivity contribution in [3.63, 3.8) is 0 Å². The van der Waals surface area contributed by atoms with Gasteiger partial charge in [0.25, 0.3) is 0 Å². The Hall–Kier alpha value is -1.55. The van der Waals surface area contributed by atoms with Gasteiger partial charge in [-0.2, -0.15) is 0 Å². The minimum absolute atomic E-state index is 0.173. The van der Waals surface area contributed by atoms with Gasteiger partial charge in [-0.1, -0.05) is 32.0 Å². The van der Waals surface area contributed by atoms with Crippen LogP contribution in [0.25, 0.3) is 0 Å². The first-order valence-corrected chi connectivity index (χ1v) is 6.62. The predicted molar refractivity (Wildman–Crippen MR) is 75.1 cm³/mol. The van der Waals surface area contributed by atoms with Crippen molar-refractivity contribution in [1.29, 1.82) is 0 Å². The second-order valence-corrected chi connectivity index (χ2v) is 4.67. The van der Waals surface area contributed by atoms with Gasteiger partial charge in [0.15, 0.2) is 0 Å². The highest BCUT2D eigenvalue weighted by Crippen LogP contribution is 2.18. The number of rotatable bonds is 7. The third-order valence-electron chi connectivity index (χ3n) is 2.91. The molecule has 0 bridgehead atoms. The van der Waals surface area contributed by atoms with Gasteiger partial charge in [0.05, 0.1) is 13.7 Å². The Morgan fingerprint density at radius 2 is 2.00 bits per heavy atom. The van der Waals surface area contributed by atoms with Gasteiger partial charge in [0.1, 0.15) is 11.8 Å². The molecule has 1 rings (SSSR count). The van der Waals surface area contributed by atoms with Crippen molar-refractivity contribution in [2.24, 2.45) is 5.92 Å². The maximum Gasteiger partial charge on any atom is 0.323 e. The molecule has 4 heteroatoms. The number of para-hydroxylation sites is 1. The Morgan fingerprint density at radius 3 is 2.58 bits per heavy atom. The Balaban J connectivity index is 2.71. The molecule has 106 valence electrons. The molecule has 1 aromatic rings. The summed E-state index contributed by atoms with van der Waals surface area (Å²) in [7, 11) is 1.41. The molecule has 0 saturated carbocycles. The predicted octanol–water partition coefficient (Wildman–Crippen LogP) is 2.37. The van der Waals surface area contributed by atoms with Crippen molar-refractivity contribution >= 4 is 5.97 Å². The van der Waals surface area contributed by atoms with E-state index in [2.05, 4.69) is 5.32 Å². The number of benzene rings is 1. The molecule has 0 aliphatic carbocycles. The van der Waals surface area contributed by atoms with Crippen LogP contribution in [0.3, 0.4) is 0 Å². The minimum atomic E-state index is -0.306. The van der Waals surface area contributed by atoms with Crippen LogP contribution < -0.4 is 10.1 Å². The third kappa shape index (κ3) is 4.56. The average molecular weight is 265 g/mol. The molecule has 0 aromatic heterocycles. The minimum Gasteiger partial charge on any atom is -0.494 e. The lowest BCUT2D eigenvalue weighted by Crippen LogP contribution is -2.41. The molecule has 0 spiro atoms. The van der Waals surface area contributed by atoms with Crippen molar-refractivity contribution in [2.45, 2.75) is 33.4 Å². The van der Waals surface area contributed by atoms with Gasteiger partial charge in [-0.3, -0.25) is 10.1 Å². The maximum absolute atomic E-state index is 11.7. The van der Waals surface area contributed by atoms with Crippen LogP contribution in [0.4, 0.5) is 0 Å². The monoisotopic (exact) mass is 265 g/mol. The van der Waals surface area contributed by atoms with E-state index < -0.39 is 0 Å². The highest BCUT2D eigenvalue weighted by molar-refractivity contribution is 5.75. The summed E-state index contributed by atoms with van der Waals surface area (Å²) in [5.74, 6) is 0.792. The molecular weight excluding hydrogens is 242 g/mol. The number of carbonyl (C=O) groups excluding carboxylic acids is 1. The summed E-state index contributed by atoms with van der Waals surface area (Å²) in [4.78, 5) is 11.7. The fourth-order valence-electron chi connectivity index (χ4n) is 1.88. The van der Waals surface area contributed by atoms with E-state index >= 15 is 0 Å². The molecule has 0 aliphatic heterocycles. The Labute approximate surface area is 115 Å². The van der Waals surface area contributed by atoms with Crippen LogP contribution in [0.15, 0.2) is 24.3 Å². The van der Waals surface area contributed by atoms with E-state index in [0.717, 1.165) is 11.3 Å². The van der Waals surface area contributed by atoms with Crippen LogP contribution in [0.2, 0.25) is 0 Å². The standard InChI is InChI=1S/C15H23NO3/c1-5-19-13-9-7-6-8-12(13)10-16-14(11(2)3)15(17)18-4/h6-9,11,14,16H,5,10H2,1-4H3. The van der Waals surface area contributed by atoms with Gasteiger partial charge in [0.2, 0.25) is 0 Å². The zero-order chi connectivity index (χ0) is 14.3. The first kappa shape index (κ1) is 15.5. The second-order valence-electron chi connectivity index (χ2n) is 4.67. The van der Waals surface area contributed by atoms with Crippen molar-refractivity contribution in [3.8, 4) is 5.75 Å². The number of nitrogens with one attached hydrogen (secondary N) is 1. The highest BCUT2D eigenvalue weighted by atomic mass is 16.5. The van der Waals surface area contributed by atoms with Gasteiger partial charge in [-0.25, -0.2) is 0 Å². The maximum atomic E-state index is 11.7. The molecule has 19 heavy (non-hydrogen) atoms. The van der Waals surface area contributed by atoms with Gasteiger partial charge in [-0.05, 0) is 18.9 Å². The van der Waals surface area contributed by atoms with Crippen LogP contribution in [0.1, 0.15) is 26.3 Å². The molecular formula is C15H23NO3. The molecule has 0 heterocycles. The lowest BCUT2D eigenvalue weighted by atomic mass is 10.0. The van der Waals surface area contributed by atoms with Gasteiger partial charge < -0.3 is 9.47 Å². The zero-order valence-electron chi connectivity index (χ0n) is 12.1. The Morgan fingerprint density at radius 1 is 1.32 bits per heavy atom. The number of hydrogen-bond acceptors (Lipinski definition) is 4. The summed E-state index contributed by atoms with van der Waals surface area (Å²) in [6.07, 6.45) is 0. The lowest BCUT2D eigenvalue weighted by Gasteiger charge is -2.20. The third-order valence-corrected chi connectivity index (χ3v) is 2.91. The quantitative estimate of drug-likeness (QED) is 0.769. The summed E-state index contributed by atoms with van der Waals surface area (Å²) >= 11 is 0. The molecule has 0 aliphatic rings. The fourth-order valence-corrected chi connectivity index (χ4v) is 1.88. The van der Waals surface area contributed by atoms with Gasteiger partial charge >= 0.3 is 5.97 Å². The van der Waals surface area contributed by atoms with E-state index in [1.807, 2.05) is 45.0 Å². The summed E-state index contributed by atoms with van der Waals surface area (Å²) in [6, 6.07) is 7.52. The van der Waals surface area contributed by atoms with Gasteiger partial charge in [0, 0.05) is 12.1 Å². The molecule has 1 unspecified atom stereocenters. The highest BCUT2D eigenvalue weighted by Gasteiger charge is 2.22. The number of carbonyl (C=O) groups is 1. The van der Waals surface area contributed by atoms with Crippen molar-refractivity contribution in [3.05, 3.63) is 29.8 Å². The summed E-state index contributed by atoms with van der Waals surface area (Å²) in [5.41, 5.74) is 1.04. The molecule has 0 amide bonds. The molecule has 1 atom stereocenters. The van der Waals surface area contributed by atoms with E-state index in [1.165, 1.54) is 7.11 Å². The SMILES string of the molecule is CCOc1ccccc1CNC(C(=O)OC)C(C)C. The van der Waals surface area contributed by atoms with Crippen LogP contribution in [0, 0.1) is 5.92 Å². The molecule has 1 N–H and O–H groups in total. The van der Waals surface area contributed by atoms with Crippen LogP contribution in [-0.4, -0.2) is 25.7 Å². The van der Waals surface area contributed by atoms with E-state index in [1.54, 1.807) is 0 Å². The number of ether oxygens (including phenoxy) is 2. The van der Waals surface area contributed by atoms with Crippen LogP contribution in [-0.2, 0) is 16.1 Å². The van der Waals surface area contributed by atoms with E-state index in [-0.39, 0.29) is 17.9 Å². The Kier molecular flexibility index (Phi) is 6.36.